The predicted octanol–water partition coefficient (Wildman–Crippen LogP) is 2.33. The predicted molar refractivity (Wildman–Crippen MR) is 82.2 cm³/mol. The number of aromatic nitrogens is 1. The van der Waals surface area contributed by atoms with E-state index in [0.29, 0.717) is 11.1 Å². The smallest absolute Gasteiger partial charge is 0.188 e. The third kappa shape index (κ3) is 3.18. The molecule has 5 heteroatoms. The van der Waals surface area contributed by atoms with Crippen molar-refractivity contribution >= 4 is 5.84 Å². The van der Waals surface area contributed by atoms with Gasteiger partial charge in [0.25, 0.3) is 0 Å². The fourth-order valence-corrected chi connectivity index (χ4v) is 3.83. The van der Waals surface area contributed by atoms with Gasteiger partial charge in [0.05, 0.1) is 0 Å². The van der Waals surface area contributed by atoms with Crippen LogP contribution in [0.1, 0.15) is 49.8 Å². The number of piperidine rings is 1. The van der Waals surface area contributed by atoms with Gasteiger partial charge in [-0.3, -0.25) is 9.88 Å². The molecule has 0 radical (unpaired) electrons. The molecule has 3 N–H and O–H groups in total. The second kappa shape index (κ2) is 6.02. The van der Waals surface area contributed by atoms with Crippen LogP contribution in [-0.4, -0.2) is 34.0 Å². The van der Waals surface area contributed by atoms with Crippen LogP contribution in [0.2, 0.25) is 0 Å². The molecule has 0 atom stereocenters. The van der Waals surface area contributed by atoms with Crippen LogP contribution in [0.3, 0.4) is 0 Å². The maximum atomic E-state index is 8.73. The van der Waals surface area contributed by atoms with Crippen molar-refractivity contribution in [1.29, 1.82) is 0 Å². The highest BCUT2D eigenvalue weighted by atomic mass is 16.4. The summed E-state index contributed by atoms with van der Waals surface area (Å²) in [6.07, 6.45) is 10.1. The lowest BCUT2D eigenvalue weighted by atomic mass is 9.77. The molecule has 3 rings (SSSR count). The summed E-state index contributed by atoms with van der Waals surface area (Å²) in [5.74, 6) is 0.0698. The molecule has 1 aliphatic carbocycles. The second-order valence-corrected chi connectivity index (χ2v) is 6.52. The van der Waals surface area contributed by atoms with Gasteiger partial charge in [0.2, 0.25) is 0 Å². The molecular formula is C16H24N4O. The molecule has 0 amide bonds. The zero-order chi connectivity index (χ0) is 14.7. The van der Waals surface area contributed by atoms with Gasteiger partial charge in [-0.25, -0.2) is 0 Å². The second-order valence-electron chi connectivity index (χ2n) is 6.52. The number of rotatable bonds is 3. The topological polar surface area (TPSA) is 74.7 Å². The minimum atomic E-state index is 0.0698. The Morgan fingerprint density at radius 2 is 2.00 bits per heavy atom. The molecule has 2 heterocycles. The Morgan fingerprint density at radius 3 is 2.67 bits per heavy atom. The van der Waals surface area contributed by atoms with Crippen LogP contribution in [0.15, 0.2) is 23.5 Å². The third-order valence-corrected chi connectivity index (χ3v) is 5.18. The first-order valence-electron chi connectivity index (χ1n) is 7.86. The zero-order valence-corrected chi connectivity index (χ0v) is 12.5. The molecule has 5 nitrogen and oxygen atoms in total. The lowest BCUT2D eigenvalue weighted by Crippen LogP contribution is -2.38. The molecule has 1 aliphatic heterocycles. The average Bonchev–Trinajstić information content (AvgIpc) is 2.98. The van der Waals surface area contributed by atoms with Crippen molar-refractivity contribution in [3.05, 3.63) is 29.6 Å². The molecule has 2 aliphatic rings. The highest BCUT2D eigenvalue weighted by Gasteiger charge is 2.36. The summed E-state index contributed by atoms with van der Waals surface area (Å²) in [6.45, 7) is 3.28. The summed E-state index contributed by atoms with van der Waals surface area (Å²) in [5, 5.41) is 11.7. The van der Waals surface area contributed by atoms with E-state index in [2.05, 4.69) is 15.0 Å². The first-order chi connectivity index (χ1) is 10.2. The molecule has 0 aromatic carbocycles. The van der Waals surface area contributed by atoms with Crippen molar-refractivity contribution in [2.24, 2.45) is 16.3 Å². The van der Waals surface area contributed by atoms with Gasteiger partial charge in [0.15, 0.2) is 5.84 Å². The molecule has 1 aromatic rings. The van der Waals surface area contributed by atoms with E-state index >= 15 is 0 Å². The quantitative estimate of drug-likeness (QED) is 0.387. The number of amidine groups is 1. The normalized spacial score (nSPS) is 22.8. The van der Waals surface area contributed by atoms with Crippen molar-refractivity contribution in [1.82, 2.24) is 9.88 Å². The summed E-state index contributed by atoms with van der Waals surface area (Å²) in [4.78, 5) is 6.64. The first kappa shape index (κ1) is 14.3. The number of oxime groups is 1. The van der Waals surface area contributed by atoms with Crippen LogP contribution in [0, 0.1) is 5.41 Å². The number of hydrogen-bond acceptors (Lipinski definition) is 4. The standard InChI is InChI=1S/C16H24N4O/c17-15(19-21)14-11-13(3-8-18-14)12-20-9-6-16(7-10-20)4-1-2-5-16/h3,8,11,21H,1-2,4-7,9-10,12H2,(H2,17,19). The van der Waals surface area contributed by atoms with Crippen LogP contribution in [0.4, 0.5) is 0 Å². The molecule has 1 saturated carbocycles. The molecular weight excluding hydrogens is 264 g/mol. The van der Waals surface area contributed by atoms with Gasteiger partial charge in [0, 0.05) is 12.7 Å². The van der Waals surface area contributed by atoms with Crippen LogP contribution in [0.5, 0.6) is 0 Å². The minimum absolute atomic E-state index is 0.0698. The van der Waals surface area contributed by atoms with Crippen LogP contribution in [-0.2, 0) is 6.54 Å². The van der Waals surface area contributed by atoms with Crippen molar-refractivity contribution in [3.63, 3.8) is 0 Å². The van der Waals surface area contributed by atoms with E-state index in [1.807, 2.05) is 12.1 Å². The monoisotopic (exact) mass is 288 g/mol. The van der Waals surface area contributed by atoms with Gasteiger partial charge in [-0.05, 0) is 61.9 Å². The molecule has 1 saturated heterocycles. The Kier molecular flexibility index (Phi) is 4.10. The number of nitrogens with two attached hydrogens (primary N) is 1. The van der Waals surface area contributed by atoms with E-state index in [1.54, 1.807) is 6.20 Å². The average molecular weight is 288 g/mol. The van der Waals surface area contributed by atoms with Crippen LogP contribution < -0.4 is 5.73 Å². The van der Waals surface area contributed by atoms with Crippen molar-refractivity contribution < 1.29 is 5.21 Å². The van der Waals surface area contributed by atoms with E-state index in [-0.39, 0.29) is 5.84 Å². The fourth-order valence-electron chi connectivity index (χ4n) is 3.83. The lowest BCUT2D eigenvalue weighted by molar-refractivity contribution is 0.103. The summed E-state index contributed by atoms with van der Waals surface area (Å²) in [7, 11) is 0. The van der Waals surface area contributed by atoms with Crippen molar-refractivity contribution in [3.8, 4) is 0 Å². The Morgan fingerprint density at radius 1 is 1.29 bits per heavy atom. The molecule has 114 valence electrons. The highest BCUT2D eigenvalue weighted by molar-refractivity contribution is 5.95. The largest absolute Gasteiger partial charge is 0.409 e. The minimum Gasteiger partial charge on any atom is -0.409 e. The third-order valence-electron chi connectivity index (χ3n) is 5.18. The van der Waals surface area contributed by atoms with Crippen LogP contribution >= 0.6 is 0 Å². The summed E-state index contributed by atoms with van der Waals surface area (Å²) in [5.41, 5.74) is 7.98. The molecule has 0 unspecified atom stereocenters. The molecule has 1 aromatic heterocycles. The number of nitrogens with zero attached hydrogens (tertiary/aromatic N) is 3. The SMILES string of the molecule is NC(=NO)c1cc(CN2CCC3(CCCC3)CC2)ccn1. The van der Waals surface area contributed by atoms with Gasteiger partial charge >= 0.3 is 0 Å². The first-order valence-corrected chi connectivity index (χ1v) is 7.86. The van der Waals surface area contributed by atoms with Crippen LogP contribution in [0.25, 0.3) is 0 Å². The zero-order valence-electron chi connectivity index (χ0n) is 12.5. The molecule has 2 fully saturated rings. The molecule has 21 heavy (non-hydrogen) atoms. The Hall–Kier alpha value is -1.62. The van der Waals surface area contributed by atoms with Gasteiger partial charge in [0.1, 0.15) is 5.69 Å². The summed E-state index contributed by atoms with van der Waals surface area (Å²) >= 11 is 0. The Bertz CT molecular complexity index is 513. The Balaban J connectivity index is 1.60. The van der Waals surface area contributed by atoms with Gasteiger partial charge < -0.3 is 10.9 Å². The Labute approximate surface area is 125 Å². The molecule has 1 spiro atoms. The van der Waals surface area contributed by atoms with Gasteiger partial charge in [-0.1, -0.05) is 18.0 Å². The maximum absolute atomic E-state index is 8.73. The van der Waals surface area contributed by atoms with Gasteiger partial charge in [-0.2, -0.15) is 0 Å². The van der Waals surface area contributed by atoms with Gasteiger partial charge in [-0.15, -0.1) is 0 Å². The van der Waals surface area contributed by atoms with E-state index in [9.17, 15) is 0 Å². The fraction of sp³-hybridized carbons (Fsp3) is 0.625. The van der Waals surface area contributed by atoms with E-state index in [1.165, 1.54) is 57.2 Å². The maximum Gasteiger partial charge on any atom is 0.188 e. The lowest BCUT2D eigenvalue weighted by Gasteiger charge is -2.39. The van der Waals surface area contributed by atoms with Crippen molar-refractivity contribution in [2.45, 2.75) is 45.1 Å². The summed E-state index contributed by atoms with van der Waals surface area (Å²) in [6, 6.07) is 3.92. The molecule has 0 bridgehead atoms. The van der Waals surface area contributed by atoms with E-state index in [4.69, 9.17) is 10.9 Å². The van der Waals surface area contributed by atoms with Crippen molar-refractivity contribution in [2.75, 3.05) is 13.1 Å². The number of likely N-dealkylation sites (tertiary alicyclic amines) is 1. The van der Waals surface area contributed by atoms with E-state index in [0.717, 1.165) is 6.54 Å². The number of pyridine rings is 1. The highest BCUT2D eigenvalue weighted by Crippen LogP contribution is 2.46. The van der Waals surface area contributed by atoms with E-state index < -0.39 is 0 Å². The summed E-state index contributed by atoms with van der Waals surface area (Å²) < 4.78 is 0. The number of hydrogen-bond donors (Lipinski definition) is 2.